The predicted molar refractivity (Wildman–Crippen MR) is 127 cm³/mol. The van der Waals surface area contributed by atoms with Gasteiger partial charge in [-0.3, -0.25) is 14.2 Å². The lowest BCUT2D eigenvalue weighted by Crippen LogP contribution is -2.23. The third kappa shape index (κ3) is 3.96. The van der Waals surface area contributed by atoms with Crippen molar-refractivity contribution in [2.24, 2.45) is 0 Å². The Hall–Kier alpha value is -2.62. The summed E-state index contributed by atoms with van der Waals surface area (Å²) in [6, 6.07) is 7.06. The molecule has 5 rings (SSSR count). The van der Waals surface area contributed by atoms with Crippen LogP contribution < -0.4 is 10.9 Å². The van der Waals surface area contributed by atoms with Crippen molar-refractivity contribution in [3.05, 3.63) is 61.9 Å². The Labute approximate surface area is 196 Å². The molecule has 4 aromatic rings. The van der Waals surface area contributed by atoms with E-state index in [-0.39, 0.29) is 17.2 Å². The maximum Gasteiger partial charge on any atom is 0.267 e. The molecule has 3 heterocycles. The fraction of sp³-hybridized carbons (Fsp3) is 0.273. The smallest absolute Gasteiger partial charge is 0.267 e. The molecule has 0 aliphatic heterocycles. The van der Waals surface area contributed by atoms with Crippen LogP contribution in [0.15, 0.2) is 45.0 Å². The highest BCUT2D eigenvalue weighted by atomic mass is 35.5. The van der Waals surface area contributed by atoms with Crippen molar-refractivity contribution < 1.29 is 9.32 Å². The number of aryl methyl sites for hydroxylation is 3. The summed E-state index contributed by atoms with van der Waals surface area (Å²) in [6.45, 7) is 1.91. The van der Waals surface area contributed by atoms with E-state index in [2.05, 4.69) is 10.5 Å². The van der Waals surface area contributed by atoms with E-state index in [0.717, 1.165) is 41.6 Å². The van der Waals surface area contributed by atoms with Crippen LogP contribution in [0.1, 0.15) is 28.8 Å². The quantitative estimate of drug-likeness (QED) is 0.315. The van der Waals surface area contributed by atoms with Crippen molar-refractivity contribution in [2.45, 2.75) is 37.8 Å². The maximum absolute atomic E-state index is 13.7. The minimum absolute atomic E-state index is 0.0650. The molecule has 1 amide bonds. The summed E-state index contributed by atoms with van der Waals surface area (Å²) in [5.41, 5.74) is 2.57. The summed E-state index contributed by atoms with van der Waals surface area (Å²) >= 11 is 9.16. The van der Waals surface area contributed by atoms with Gasteiger partial charge in [0.1, 0.15) is 11.1 Å². The van der Waals surface area contributed by atoms with Gasteiger partial charge in [0, 0.05) is 16.0 Å². The highest BCUT2D eigenvalue weighted by Gasteiger charge is 2.23. The monoisotopic (exact) mass is 486 g/mol. The van der Waals surface area contributed by atoms with Gasteiger partial charge in [-0.2, -0.15) is 0 Å². The third-order valence-corrected chi connectivity index (χ3v) is 7.94. The molecule has 0 fully saturated rings. The van der Waals surface area contributed by atoms with Crippen LogP contribution in [0.4, 0.5) is 5.82 Å². The second kappa shape index (κ2) is 8.73. The van der Waals surface area contributed by atoms with Gasteiger partial charge in [0.05, 0.1) is 16.8 Å². The summed E-state index contributed by atoms with van der Waals surface area (Å²) < 4.78 is 6.31. The number of carbonyl (C=O) groups is 1. The van der Waals surface area contributed by atoms with Crippen LogP contribution in [0.3, 0.4) is 0 Å². The van der Waals surface area contributed by atoms with Gasteiger partial charge in [-0.05, 0) is 55.9 Å². The van der Waals surface area contributed by atoms with Gasteiger partial charge in [0.15, 0.2) is 11.0 Å². The van der Waals surface area contributed by atoms with Crippen LogP contribution in [0.25, 0.3) is 15.9 Å². The van der Waals surface area contributed by atoms with Crippen LogP contribution >= 0.6 is 34.7 Å². The largest absolute Gasteiger partial charge is 0.363 e. The van der Waals surface area contributed by atoms with Gasteiger partial charge in [-0.1, -0.05) is 34.6 Å². The van der Waals surface area contributed by atoms with Crippen molar-refractivity contribution in [3.8, 4) is 5.69 Å². The number of amides is 1. The number of thiophene rings is 1. The SMILES string of the molecule is Cc1ccc(-n2c(SCC(=O)Nc3ccon3)nc3sc4c(c3c2=O)CCCC4)cc1Cl. The van der Waals surface area contributed by atoms with Gasteiger partial charge >= 0.3 is 0 Å². The van der Waals surface area contributed by atoms with Gasteiger partial charge in [0.25, 0.3) is 5.56 Å². The van der Waals surface area contributed by atoms with E-state index in [1.165, 1.54) is 22.9 Å². The molecule has 1 N–H and O–H groups in total. The summed E-state index contributed by atoms with van der Waals surface area (Å²) in [4.78, 5) is 32.9. The van der Waals surface area contributed by atoms with Gasteiger partial charge in [-0.15, -0.1) is 11.3 Å². The van der Waals surface area contributed by atoms with E-state index in [1.54, 1.807) is 28.0 Å². The number of halogens is 1. The lowest BCUT2D eigenvalue weighted by molar-refractivity contribution is -0.113. The summed E-state index contributed by atoms with van der Waals surface area (Å²) in [5, 5.41) is 8.07. The van der Waals surface area contributed by atoms with Crippen molar-refractivity contribution in [1.29, 1.82) is 0 Å². The number of hydrogen-bond donors (Lipinski definition) is 1. The lowest BCUT2D eigenvalue weighted by atomic mass is 9.97. The highest BCUT2D eigenvalue weighted by molar-refractivity contribution is 7.99. The van der Waals surface area contributed by atoms with Gasteiger partial charge < -0.3 is 9.84 Å². The molecule has 0 spiro atoms. The molecule has 0 bridgehead atoms. The topological polar surface area (TPSA) is 90.0 Å². The highest BCUT2D eigenvalue weighted by Crippen LogP contribution is 2.35. The summed E-state index contributed by atoms with van der Waals surface area (Å²) in [6.07, 6.45) is 5.47. The molecular formula is C22H19ClN4O3S2. The van der Waals surface area contributed by atoms with E-state index in [1.807, 2.05) is 19.1 Å². The third-order valence-electron chi connectivity index (χ3n) is 5.41. The molecule has 3 aromatic heterocycles. The molecule has 0 unspecified atom stereocenters. The Morgan fingerprint density at radius 2 is 2.16 bits per heavy atom. The molecule has 0 atom stereocenters. The maximum atomic E-state index is 13.7. The zero-order valence-electron chi connectivity index (χ0n) is 17.2. The van der Waals surface area contributed by atoms with E-state index < -0.39 is 0 Å². The number of benzene rings is 1. The molecular weight excluding hydrogens is 468 g/mol. The molecule has 1 aliphatic rings. The fourth-order valence-corrected chi connectivity index (χ4v) is 6.11. The van der Waals surface area contributed by atoms with Crippen LogP contribution in [-0.2, 0) is 17.6 Å². The number of hydrogen-bond acceptors (Lipinski definition) is 7. The number of aromatic nitrogens is 3. The normalized spacial score (nSPS) is 13.3. The Kier molecular flexibility index (Phi) is 5.79. The standard InChI is InChI=1S/C22H19ClN4O3S2/c1-12-6-7-13(10-15(12)23)27-21(29)19-14-4-2-3-5-16(14)32-20(19)25-22(27)31-11-18(28)24-17-8-9-30-26-17/h6-10H,2-5,11H2,1H3,(H,24,26,28). The molecule has 0 saturated heterocycles. The van der Waals surface area contributed by atoms with E-state index in [9.17, 15) is 9.59 Å². The van der Waals surface area contributed by atoms with Crippen molar-refractivity contribution in [1.82, 2.24) is 14.7 Å². The van der Waals surface area contributed by atoms with Crippen LogP contribution in [0.2, 0.25) is 5.02 Å². The average molecular weight is 487 g/mol. The molecule has 32 heavy (non-hydrogen) atoms. The molecule has 1 aromatic carbocycles. The number of rotatable bonds is 5. The van der Waals surface area contributed by atoms with E-state index >= 15 is 0 Å². The van der Waals surface area contributed by atoms with Crippen LogP contribution in [0, 0.1) is 6.92 Å². The van der Waals surface area contributed by atoms with Gasteiger partial charge in [0.2, 0.25) is 5.91 Å². The number of nitrogens with zero attached hydrogens (tertiary/aromatic N) is 3. The second-order valence-corrected chi connectivity index (χ2v) is 10.0. The first-order chi connectivity index (χ1) is 15.5. The zero-order valence-corrected chi connectivity index (χ0v) is 19.6. The summed E-state index contributed by atoms with van der Waals surface area (Å²) in [5.74, 6) is 0.139. The Morgan fingerprint density at radius 1 is 1.31 bits per heavy atom. The lowest BCUT2D eigenvalue weighted by Gasteiger charge is -2.14. The number of carbonyl (C=O) groups excluding carboxylic acids is 1. The van der Waals surface area contributed by atoms with Crippen LogP contribution in [0.5, 0.6) is 0 Å². The molecule has 10 heteroatoms. The zero-order chi connectivity index (χ0) is 22.2. The molecule has 0 saturated carbocycles. The average Bonchev–Trinajstić information content (AvgIpc) is 3.41. The first kappa shape index (κ1) is 21.2. The van der Waals surface area contributed by atoms with E-state index in [4.69, 9.17) is 21.1 Å². The number of thioether (sulfide) groups is 1. The first-order valence-electron chi connectivity index (χ1n) is 10.2. The fourth-order valence-electron chi connectivity index (χ4n) is 3.82. The number of nitrogens with one attached hydrogen (secondary N) is 1. The number of anilines is 1. The second-order valence-electron chi connectivity index (χ2n) is 7.58. The first-order valence-corrected chi connectivity index (χ1v) is 12.4. The molecule has 1 aliphatic carbocycles. The number of fused-ring (bicyclic) bond motifs is 3. The van der Waals surface area contributed by atoms with Crippen molar-refractivity contribution in [3.63, 3.8) is 0 Å². The molecule has 164 valence electrons. The Morgan fingerprint density at radius 3 is 2.94 bits per heavy atom. The minimum Gasteiger partial charge on any atom is -0.363 e. The minimum atomic E-state index is -0.266. The summed E-state index contributed by atoms with van der Waals surface area (Å²) in [7, 11) is 0. The van der Waals surface area contributed by atoms with Crippen molar-refractivity contribution >= 4 is 56.6 Å². The Balaban J connectivity index is 1.59. The predicted octanol–water partition coefficient (Wildman–Crippen LogP) is 5.01. The molecule has 7 nitrogen and oxygen atoms in total. The Bertz CT molecular complexity index is 1380. The van der Waals surface area contributed by atoms with Gasteiger partial charge in [-0.25, -0.2) is 4.98 Å². The van der Waals surface area contributed by atoms with Crippen LogP contribution in [-0.4, -0.2) is 26.4 Å². The molecule has 0 radical (unpaired) electrons. The van der Waals surface area contributed by atoms with E-state index in [0.29, 0.717) is 27.1 Å². The van der Waals surface area contributed by atoms with Crippen molar-refractivity contribution in [2.75, 3.05) is 11.1 Å².